The molecule has 0 radical (unpaired) electrons. The van der Waals surface area contributed by atoms with Gasteiger partial charge in [-0.3, -0.25) is 4.79 Å². The molecule has 1 heterocycles. The van der Waals surface area contributed by atoms with Crippen LogP contribution in [0.15, 0.2) is 0 Å². The average Bonchev–Trinajstić information content (AvgIpc) is 2.61. The molecule has 0 aliphatic carbocycles. The molecule has 1 unspecified atom stereocenters. The second-order valence-electron chi connectivity index (χ2n) is 3.96. The zero-order valence-corrected chi connectivity index (χ0v) is 9.89. The molecular weight excluding hydrogens is 214 g/mol. The number of hydrogen-bond acceptors (Lipinski definition) is 3. The van der Waals surface area contributed by atoms with Crippen molar-refractivity contribution in [2.45, 2.75) is 43.9 Å². The van der Waals surface area contributed by atoms with Crippen LogP contribution in [0, 0.1) is 0 Å². The maximum Gasteiger partial charge on any atom is 0.326 e. The summed E-state index contributed by atoms with van der Waals surface area (Å²) in [7, 11) is 0. The van der Waals surface area contributed by atoms with Gasteiger partial charge in [-0.1, -0.05) is 6.92 Å². The molecule has 0 aromatic carbocycles. The van der Waals surface area contributed by atoms with Gasteiger partial charge < -0.3 is 10.4 Å². The van der Waals surface area contributed by atoms with E-state index in [4.69, 9.17) is 5.11 Å². The molecule has 5 heteroatoms. The van der Waals surface area contributed by atoms with Crippen LogP contribution in [0.3, 0.4) is 0 Å². The van der Waals surface area contributed by atoms with E-state index in [-0.39, 0.29) is 5.91 Å². The molecule has 4 nitrogen and oxygen atoms in total. The molecule has 1 rings (SSSR count). The maximum absolute atomic E-state index is 11.8. The number of hydrogen-bond donors (Lipinski definition) is 2. The maximum atomic E-state index is 11.8. The second kappa shape index (κ2) is 4.88. The van der Waals surface area contributed by atoms with E-state index < -0.39 is 16.8 Å². The van der Waals surface area contributed by atoms with Gasteiger partial charge in [0, 0.05) is 0 Å². The van der Waals surface area contributed by atoms with Crippen molar-refractivity contribution in [2.24, 2.45) is 0 Å². The number of nitrogens with one attached hydrogen (secondary N) is 1. The molecule has 15 heavy (non-hydrogen) atoms. The van der Waals surface area contributed by atoms with E-state index in [1.165, 1.54) is 0 Å². The molecule has 0 aromatic heterocycles. The van der Waals surface area contributed by atoms with E-state index in [1.54, 1.807) is 18.7 Å². The first-order valence-corrected chi connectivity index (χ1v) is 6.16. The van der Waals surface area contributed by atoms with Gasteiger partial charge in [-0.25, -0.2) is 4.79 Å². The van der Waals surface area contributed by atoms with Gasteiger partial charge in [0.2, 0.25) is 5.91 Å². The van der Waals surface area contributed by atoms with Gasteiger partial charge in [0.25, 0.3) is 0 Å². The van der Waals surface area contributed by atoms with Crippen molar-refractivity contribution in [2.75, 3.05) is 5.75 Å². The molecule has 1 fully saturated rings. The normalized spacial score (nSPS) is 27.3. The van der Waals surface area contributed by atoms with Gasteiger partial charge in [-0.2, -0.15) is 0 Å². The van der Waals surface area contributed by atoms with Gasteiger partial charge in [0.1, 0.15) is 6.04 Å². The standard InChI is InChI=1S/C10H17NO3S/c1-3-7(8(12)13)11-9(14)10(2)5-4-6-15-10/h7H,3-6H2,1-2H3,(H,11,14)(H,12,13)/t7-,10?/m1/s1. The number of carboxylic acid groups (broad SMARTS) is 1. The molecule has 1 aliphatic rings. The Bertz CT molecular complexity index is 261. The monoisotopic (exact) mass is 231 g/mol. The Morgan fingerprint density at radius 3 is 2.67 bits per heavy atom. The highest BCUT2D eigenvalue weighted by molar-refractivity contribution is 8.01. The Morgan fingerprint density at radius 2 is 2.27 bits per heavy atom. The third kappa shape index (κ3) is 2.87. The molecule has 0 saturated carbocycles. The summed E-state index contributed by atoms with van der Waals surface area (Å²) in [5, 5.41) is 11.4. The smallest absolute Gasteiger partial charge is 0.326 e. The number of thioether (sulfide) groups is 1. The van der Waals surface area contributed by atoms with Crippen molar-refractivity contribution in [3.05, 3.63) is 0 Å². The molecule has 2 N–H and O–H groups in total. The highest BCUT2D eigenvalue weighted by Crippen LogP contribution is 2.37. The van der Waals surface area contributed by atoms with Crippen LogP contribution < -0.4 is 5.32 Å². The Morgan fingerprint density at radius 1 is 1.60 bits per heavy atom. The number of carboxylic acids is 1. The van der Waals surface area contributed by atoms with E-state index in [1.807, 2.05) is 6.92 Å². The SMILES string of the molecule is CC[C@@H](NC(=O)C1(C)CCCS1)C(=O)O. The molecule has 86 valence electrons. The predicted molar refractivity (Wildman–Crippen MR) is 60.0 cm³/mol. The first-order chi connectivity index (χ1) is 6.99. The highest BCUT2D eigenvalue weighted by Gasteiger charge is 2.38. The lowest BCUT2D eigenvalue weighted by atomic mass is 10.0. The Balaban J connectivity index is 2.57. The van der Waals surface area contributed by atoms with Crippen LogP contribution in [0.4, 0.5) is 0 Å². The summed E-state index contributed by atoms with van der Waals surface area (Å²) in [4.78, 5) is 22.6. The minimum Gasteiger partial charge on any atom is -0.480 e. The number of rotatable bonds is 4. The second-order valence-corrected chi connectivity index (χ2v) is 5.55. The van der Waals surface area contributed by atoms with E-state index in [9.17, 15) is 9.59 Å². The van der Waals surface area contributed by atoms with Crippen LogP contribution in [-0.2, 0) is 9.59 Å². The van der Waals surface area contributed by atoms with E-state index >= 15 is 0 Å². The van der Waals surface area contributed by atoms with Crippen molar-refractivity contribution >= 4 is 23.6 Å². The summed E-state index contributed by atoms with van der Waals surface area (Å²) in [5.74, 6) is -0.120. The molecule has 2 atom stereocenters. The van der Waals surface area contributed by atoms with Gasteiger partial charge in [-0.15, -0.1) is 11.8 Å². The highest BCUT2D eigenvalue weighted by atomic mass is 32.2. The van der Waals surface area contributed by atoms with E-state index in [0.29, 0.717) is 6.42 Å². The van der Waals surface area contributed by atoms with E-state index in [2.05, 4.69) is 5.32 Å². The van der Waals surface area contributed by atoms with Crippen molar-refractivity contribution in [3.63, 3.8) is 0 Å². The summed E-state index contributed by atoms with van der Waals surface area (Å²) >= 11 is 1.61. The fourth-order valence-electron chi connectivity index (χ4n) is 1.61. The molecule has 0 bridgehead atoms. The Labute approximate surface area is 93.8 Å². The number of carbonyl (C=O) groups is 2. The van der Waals surface area contributed by atoms with Crippen LogP contribution in [0.25, 0.3) is 0 Å². The first-order valence-electron chi connectivity index (χ1n) is 5.17. The zero-order valence-electron chi connectivity index (χ0n) is 9.08. The van der Waals surface area contributed by atoms with Crippen LogP contribution in [0.1, 0.15) is 33.1 Å². The van der Waals surface area contributed by atoms with E-state index in [0.717, 1.165) is 18.6 Å². The largest absolute Gasteiger partial charge is 0.480 e. The summed E-state index contributed by atoms with van der Waals surface area (Å²) in [6.45, 7) is 3.64. The molecule has 1 amide bonds. The summed E-state index contributed by atoms with van der Waals surface area (Å²) < 4.78 is -0.428. The molecular formula is C10H17NO3S. The van der Waals surface area contributed by atoms with Crippen molar-refractivity contribution < 1.29 is 14.7 Å². The number of carbonyl (C=O) groups excluding carboxylic acids is 1. The summed E-state index contributed by atoms with van der Waals surface area (Å²) in [6.07, 6.45) is 2.28. The lowest BCUT2D eigenvalue weighted by Crippen LogP contribution is -2.48. The van der Waals surface area contributed by atoms with Gasteiger partial charge in [0.15, 0.2) is 0 Å². The molecule has 1 saturated heterocycles. The third-order valence-electron chi connectivity index (χ3n) is 2.71. The molecule has 0 aromatic rings. The quantitative estimate of drug-likeness (QED) is 0.764. The molecule has 0 spiro atoms. The van der Waals surface area contributed by atoms with Crippen molar-refractivity contribution in [1.82, 2.24) is 5.32 Å². The molecule has 1 aliphatic heterocycles. The fraction of sp³-hybridized carbons (Fsp3) is 0.800. The summed E-state index contributed by atoms with van der Waals surface area (Å²) in [6, 6.07) is -0.754. The fourth-order valence-corrected chi connectivity index (χ4v) is 2.83. The average molecular weight is 231 g/mol. The van der Waals surface area contributed by atoms with Crippen LogP contribution in [0.2, 0.25) is 0 Å². The minimum absolute atomic E-state index is 0.140. The predicted octanol–water partition coefficient (Wildman–Crippen LogP) is 1.25. The number of aliphatic carboxylic acids is 1. The van der Waals surface area contributed by atoms with Gasteiger partial charge in [-0.05, 0) is 31.9 Å². The lowest BCUT2D eigenvalue weighted by molar-refractivity contribution is -0.142. The van der Waals surface area contributed by atoms with Crippen molar-refractivity contribution in [3.8, 4) is 0 Å². The van der Waals surface area contributed by atoms with Gasteiger partial charge in [0.05, 0.1) is 4.75 Å². The minimum atomic E-state index is -0.961. The lowest BCUT2D eigenvalue weighted by Gasteiger charge is -2.23. The van der Waals surface area contributed by atoms with Crippen LogP contribution in [0.5, 0.6) is 0 Å². The Hall–Kier alpha value is -0.710. The number of amides is 1. The summed E-state index contributed by atoms with van der Waals surface area (Å²) in [5.41, 5.74) is 0. The van der Waals surface area contributed by atoms with Crippen LogP contribution >= 0.6 is 11.8 Å². The van der Waals surface area contributed by atoms with Crippen LogP contribution in [-0.4, -0.2) is 33.5 Å². The Kier molecular flexibility index (Phi) is 4.02. The van der Waals surface area contributed by atoms with Gasteiger partial charge >= 0.3 is 5.97 Å². The first kappa shape index (κ1) is 12.4. The zero-order chi connectivity index (χ0) is 11.5. The topological polar surface area (TPSA) is 66.4 Å². The van der Waals surface area contributed by atoms with Crippen molar-refractivity contribution in [1.29, 1.82) is 0 Å². The third-order valence-corrected chi connectivity index (χ3v) is 4.23.